The number of rotatable bonds is 5. The summed E-state index contributed by atoms with van der Waals surface area (Å²) in [5.41, 5.74) is 0.811. The van der Waals surface area contributed by atoms with Gasteiger partial charge in [-0.2, -0.15) is 0 Å². The Hall–Kier alpha value is -1.99. The Balaban J connectivity index is 1.90. The summed E-state index contributed by atoms with van der Waals surface area (Å²) in [6, 6.07) is 8.28. The smallest absolute Gasteiger partial charge is 0.363 e. The molecule has 0 N–H and O–H groups in total. The van der Waals surface area contributed by atoms with Gasteiger partial charge < -0.3 is 14.2 Å². The molecule has 3 rings (SSSR count). The third kappa shape index (κ3) is 4.14. The van der Waals surface area contributed by atoms with E-state index in [1.165, 1.54) is 30.6 Å². The van der Waals surface area contributed by atoms with Gasteiger partial charge >= 0.3 is 5.97 Å². The second-order valence-corrected chi connectivity index (χ2v) is 7.28. The van der Waals surface area contributed by atoms with Gasteiger partial charge in [-0.05, 0) is 24.3 Å². The first-order valence-corrected chi connectivity index (χ1v) is 9.49. The number of esters is 1. The van der Waals surface area contributed by atoms with E-state index in [4.69, 9.17) is 49.0 Å². The molecule has 9 heteroatoms. The van der Waals surface area contributed by atoms with E-state index < -0.39 is 5.97 Å². The van der Waals surface area contributed by atoms with Crippen molar-refractivity contribution >= 4 is 52.1 Å². The summed E-state index contributed by atoms with van der Waals surface area (Å²) in [5, 5.41) is 2.75. The average Bonchev–Trinajstić information content (AvgIpc) is 3.13. The maximum absolute atomic E-state index is 12.4. The third-order valence-corrected chi connectivity index (χ3v) is 5.16. The summed E-state index contributed by atoms with van der Waals surface area (Å²) in [6.07, 6.45) is 0. The van der Waals surface area contributed by atoms with Crippen molar-refractivity contribution in [1.82, 2.24) is 4.98 Å². The molecule has 0 aliphatic rings. The molecule has 0 saturated heterocycles. The number of carbonyl (C=O) groups excluding carboxylic acids is 1. The van der Waals surface area contributed by atoms with E-state index in [9.17, 15) is 4.79 Å². The van der Waals surface area contributed by atoms with Crippen LogP contribution in [-0.2, 0) is 0 Å². The minimum Gasteiger partial charge on any atom is -0.493 e. The van der Waals surface area contributed by atoms with Gasteiger partial charge in [0.2, 0.25) is 0 Å². The molecule has 5 nitrogen and oxygen atoms in total. The molecule has 0 aliphatic carbocycles. The van der Waals surface area contributed by atoms with E-state index >= 15 is 0 Å². The molecule has 140 valence electrons. The predicted octanol–water partition coefficient (Wildman–Crippen LogP) is 6.01. The fraction of sp³-hybridized carbons (Fsp3) is 0.111. The van der Waals surface area contributed by atoms with Crippen LogP contribution in [-0.4, -0.2) is 25.2 Å². The van der Waals surface area contributed by atoms with Gasteiger partial charge in [-0.3, -0.25) is 0 Å². The number of nitrogens with zero attached hydrogens (tertiary/aromatic N) is 1. The van der Waals surface area contributed by atoms with Gasteiger partial charge in [0.05, 0.1) is 29.8 Å². The van der Waals surface area contributed by atoms with Crippen LogP contribution in [0.15, 0.2) is 35.7 Å². The molecule has 0 bridgehead atoms. The van der Waals surface area contributed by atoms with Gasteiger partial charge in [-0.15, -0.1) is 11.3 Å². The summed E-state index contributed by atoms with van der Waals surface area (Å²) in [7, 11) is 3.08. The molecule has 0 radical (unpaired) electrons. The Morgan fingerprint density at radius 3 is 2.37 bits per heavy atom. The highest BCUT2D eigenvalue weighted by atomic mass is 35.5. The van der Waals surface area contributed by atoms with Crippen molar-refractivity contribution in [2.45, 2.75) is 0 Å². The highest BCUT2D eigenvalue weighted by Crippen LogP contribution is 2.40. The molecule has 0 saturated carbocycles. The first-order chi connectivity index (χ1) is 12.9. The Morgan fingerprint density at radius 1 is 1.04 bits per heavy atom. The molecule has 0 unspecified atom stereocenters. The lowest BCUT2D eigenvalue weighted by Crippen LogP contribution is -2.09. The number of ether oxygens (including phenoxy) is 3. The van der Waals surface area contributed by atoms with E-state index in [2.05, 4.69) is 4.98 Å². The molecular weight excluding hydrogens is 433 g/mol. The molecule has 0 atom stereocenters. The van der Waals surface area contributed by atoms with Gasteiger partial charge in [0.25, 0.3) is 0 Å². The lowest BCUT2D eigenvalue weighted by molar-refractivity contribution is 0.0729. The van der Waals surface area contributed by atoms with Crippen LogP contribution in [0, 0.1) is 0 Å². The van der Waals surface area contributed by atoms with Crippen LogP contribution < -0.4 is 14.2 Å². The maximum Gasteiger partial charge on any atom is 0.363 e. The number of benzene rings is 2. The number of para-hydroxylation sites is 1. The number of carbonyl (C=O) groups is 1. The van der Waals surface area contributed by atoms with E-state index in [1.807, 2.05) is 12.1 Å². The molecule has 0 amide bonds. The van der Waals surface area contributed by atoms with Crippen molar-refractivity contribution in [2.24, 2.45) is 0 Å². The fourth-order valence-corrected chi connectivity index (χ4v) is 4.02. The van der Waals surface area contributed by atoms with Crippen LogP contribution in [0.1, 0.15) is 10.5 Å². The number of methoxy groups -OCH3 is 2. The van der Waals surface area contributed by atoms with Crippen LogP contribution in [0.5, 0.6) is 17.2 Å². The Bertz CT molecular complexity index is 983. The van der Waals surface area contributed by atoms with Crippen LogP contribution in [0.2, 0.25) is 15.1 Å². The predicted molar refractivity (Wildman–Crippen MR) is 107 cm³/mol. The minimum absolute atomic E-state index is 0.0289. The molecule has 1 heterocycles. The van der Waals surface area contributed by atoms with E-state index in [1.54, 1.807) is 18.6 Å². The van der Waals surface area contributed by atoms with E-state index in [-0.39, 0.29) is 21.5 Å². The van der Waals surface area contributed by atoms with Crippen molar-refractivity contribution in [3.05, 3.63) is 56.5 Å². The van der Waals surface area contributed by atoms with Gasteiger partial charge in [0, 0.05) is 10.4 Å². The van der Waals surface area contributed by atoms with Crippen molar-refractivity contribution < 1.29 is 19.0 Å². The summed E-state index contributed by atoms with van der Waals surface area (Å²) >= 11 is 19.2. The molecule has 27 heavy (non-hydrogen) atoms. The second-order valence-electron chi connectivity index (χ2n) is 5.17. The van der Waals surface area contributed by atoms with Gasteiger partial charge in [-0.1, -0.05) is 40.9 Å². The normalized spacial score (nSPS) is 10.6. The standard InChI is InChI=1S/C18H12Cl3NO4S/c1-24-14-5-3-4-10(15(14)25-2)17-22-13(8-27-17)18(23)26-16-11(20)6-9(19)7-12(16)21/h3-8H,1-2H3. The molecule has 2 aromatic carbocycles. The zero-order valence-electron chi connectivity index (χ0n) is 14.1. The monoisotopic (exact) mass is 443 g/mol. The second kappa shape index (κ2) is 8.35. The molecule has 1 aromatic heterocycles. The summed E-state index contributed by atoms with van der Waals surface area (Å²) < 4.78 is 16.0. The van der Waals surface area contributed by atoms with Crippen molar-refractivity contribution in [1.29, 1.82) is 0 Å². The van der Waals surface area contributed by atoms with Gasteiger partial charge in [0.15, 0.2) is 22.9 Å². The topological polar surface area (TPSA) is 57.7 Å². The highest BCUT2D eigenvalue weighted by Gasteiger charge is 2.20. The fourth-order valence-electron chi connectivity index (χ4n) is 2.32. The number of aromatic nitrogens is 1. The Labute approximate surface area is 174 Å². The first-order valence-electron chi connectivity index (χ1n) is 7.48. The molecule has 0 fully saturated rings. The quantitative estimate of drug-likeness (QED) is 0.356. The lowest BCUT2D eigenvalue weighted by atomic mass is 10.2. The van der Waals surface area contributed by atoms with E-state index in [0.29, 0.717) is 27.1 Å². The van der Waals surface area contributed by atoms with E-state index in [0.717, 1.165) is 0 Å². The molecule has 0 aliphatic heterocycles. The summed E-state index contributed by atoms with van der Waals surface area (Å²) in [5.74, 6) is 0.429. The Morgan fingerprint density at radius 2 is 1.74 bits per heavy atom. The van der Waals surface area contributed by atoms with Gasteiger partial charge in [-0.25, -0.2) is 9.78 Å². The highest BCUT2D eigenvalue weighted by molar-refractivity contribution is 7.13. The number of hydrogen-bond acceptors (Lipinski definition) is 6. The number of thiazole rings is 1. The van der Waals surface area contributed by atoms with Crippen LogP contribution >= 0.6 is 46.1 Å². The summed E-state index contributed by atoms with van der Waals surface area (Å²) in [4.78, 5) is 16.8. The van der Waals surface area contributed by atoms with Crippen LogP contribution in [0.25, 0.3) is 10.6 Å². The third-order valence-electron chi connectivity index (χ3n) is 3.50. The minimum atomic E-state index is -0.689. The Kier molecular flexibility index (Phi) is 6.11. The maximum atomic E-state index is 12.4. The van der Waals surface area contributed by atoms with Crippen molar-refractivity contribution in [3.8, 4) is 27.8 Å². The van der Waals surface area contributed by atoms with Crippen LogP contribution in [0.3, 0.4) is 0 Å². The SMILES string of the molecule is COc1cccc(-c2nc(C(=O)Oc3c(Cl)cc(Cl)cc3Cl)cs2)c1OC. The van der Waals surface area contributed by atoms with Gasteiger partial charge in [0.1, 0.15) is 5.01 Å². The van der Waals surface area contributed by atoms with Crippen molar-refractivity contribution in [3.63, 3.8) is 0 Å². The van der Waals surface area contributed by atoms with Crippen LogP contribution in [0.4, 0.5) is 0 Å². The summed E-state index contributed by atoms with van der Waals surface area (Å²) in [6.45, 7) is 0. The van der Waals surface area contributed by atoms with Crippen molar-refractivity contribution in [2.75, 3.05) is 14.2 Å². The molecular formula is C18H12Cl3NO4S. The zero-order chi connectivity index (χ0) is 19.6. The molecule has 0 spiro atoms. The largest absolute Gasteiger partial charge is 0.493 e. The number of hydrogen-bond donors (Lipinski definition) is 0. The zero-order valence-corrected chi connectivity index (χ0v) is 17.2. The lowest BCUT2D eigenvalue weighted by Gasteiger charge is -2.10. The first kappa shape index (κ1) is 19.8. The average molecular weight is 445 g/mol. The number of halogens is 3. The molecule has 3 aromatic rings.